The molecule has 0 unspecified atom stereocenters. The molecule has 0 aliphatic carbocycles. The zero-order chi connectivity index (χ0) is 9.26. The highest BCUT2D eigenvalue weighted by Gasteiger charge is 2.03. The number of benzene rings is 1. The summed E-state index contributed by atoms with van der Waals surface area (Å²) in [6.07, 6.45) is 1.81. The number of fused-ring (bicyclic) bond motifs is 1. The van der Waals surface area contributed by atoms with Crippen LogP contribution in [0.25, 0.3) is 10.9 Å². The van der Waals surface area contributed by atoms with E-state index in [9.17, 15) is 0 Å². The molecule has 2 rings (SSSR count). The van der Waals surface area contributed by atoms with Gasteiger partial charge in [-0.2, -0.15) is 0 Å². The van der Waals surface area contributed by atoms with Gasteiger partial charge in [-0.1, -0.05) is 32.0 Å². The summed E-state index contributed by atoms with van der Waals surface area (Å²) < 4.78 is 0. The Balaban J connectivity index is 2.76. The molecule has 0 N–H and O–H groups in total. The fourth-order valence-electron chi connectivity index (χ4n) is 1.56. The van der Waals surface area contributed by atoms with E-state index in [0.29, 0.717) is 5.92 Å². The summed E-state index contributed by atoms with van der Waals surface area (Å²) in [7, 11) is 0. The number of pyridine rings is 1. The number of aromatic nitrogens is 1. The third kappa shape index (κ3) is 1.42. The molecule has 0 fully saturated rings. The zero-order valence-corrected chi connectivity index (χ0v) is 7.91. The van der Waals surface area contributed by atoms with Gasteiger partial charge in [0.15, 0.2) is 0 Å². The van der Waals surface area contributed by atoms with Gasteiger partial charge >= 0.3 is 0 Å². The largest absolute Gasteiger partial charge is 0.256 e. The smallest absolute Gasteiger partial charge is 0.0783 e. The van der Waals surface area contributed by atoms with Gasteiger partial charge in [-0.15, -0.1) is 0 Å². The lowest BCUT2D eigenvalue weighted by Gasteiger charge is -2.07. The number of nitrogens with zero attached hydrogens (tertiary/aromatic N) is 1. The monoisotopic (exact) mass is 170 g/mol. The highest BCUT2D eigenvalue weighted by Crippen LogP contribution is 2.22. The number of hydrogen-bond acceptors (Lipinski definition) is 1. The Bertz CT molecular complexity index is 413. The van der Waals surface area contributed by atoms with Crippen molar-refractivity contribution in [3.05, 3.63) is 42.1 Å². The second kappa shape index (κ2) is 3.17. The van der Waals surface area contributed by atoms with Crippen LogP contribution in [-0.4, -0.2) is 4.98 Å². The maximum Gasteiger partial charge on any atom is 0.0783 e. The molecule has 0 aliphatic heterocycles. The molecule has 2 aromatic rings. The van der Waals surface area contributed by atoms with Crippen LogP contribution in [0.15, 0.2) is 30.5 Å². The molecular formula is C12H12N. The SMILES string of the molecule is CC(C)c1cc[c]c2ncccc12. The number of rotatable bonds is 1. The van der Waals surface area contributed by atoms with Crippen molar-refractivity contribution in [2.75, 3.05) is 0 Å². The average Bonchev–Trinajstić information content (AvgIpc) is 2.17. The Morgan fingerprint density at radius 1 is 1.31 bits per heavy atom. The van der Waals surface area contributed by atoms with E-state index in [-0.39, 0.29) is 0 Å². The minimum absolute atomic E-state index is 0.543. The lowest BCUT2D eigenvalue weighted by atomic mass is 9.98. The molecule has 65 valence electrons. The minimum Gasteiger partial charge on any atom is -0.256 e. The third-order valence-corrected chi connectivity index (χ3v) is 2.22. The van der Waals surface area contributed by atoms with Crippen LogP contribution in [0.4, 0.5) is 0 Å². The van der Waals surface area contributed by atoms with Gasteiger partial charge in [0.05, 0.1) is 5.52 Å². The maximum atomic E-state index is 4.27. The summed E-state index contributed by atoms with van der Waals surface area (Å²) in [5.74, 6) is 0.543. The lowest BCUT2D eigenvalue weighted by molar-refractivity contribution is 0.876. The molecule has 0 atom stereocenters. The van der Waals surface area contributed by atoms with Crippen LogP contribution < -0.4 is 0 Å². The first kappa shape index (κ1) is 8.24. The molecule has 0 saturated carbocycles. The van der Waals surface area contributed by atoms with Crippen LogP contribution in [-0.2, 0) is 0 Å². The molecule has 0 saturated heterocycles. The van der Waals surface area contributed by atoms with Crippen LogP contribution in [0.3, 0.4) is 0 Å². The van der Waals surface area contributed by atoms with Crippen molar-refractivity contribution in [3.63, 3.8) is 0 Å². The van der Waals surface area contributed by atoms with Crippen LogP contribution >= 0.6 is 0 Å². The summed E-state index contributed by atoms with van der Waals surface area (Å²) >= 11 is 0. The summed E-state index contributed by atoms with van der Waals surface area (Å²) in [6, 6.07) is 11.3. The lowest BCUT2D eigenvalue weighted by Crippen LogP contribution is -1.89. The molecule has 1 nitrogen and oxygen atoms in total. The molecule has 13 heavy (non-hydrogen) atoms. The van der Waals surface area contributed by atoms with Gasteiger partial charge in [0.25, 0.3) is 0 Å². The van der Waals surface area contributed by atoms with Gasteiger partial charge in [0.2, 0.25) is 0 Å². The van der Waals surface area contributed by atoms with Gasteiger partial charge in [0.1, 0.15) is 0 Å². The van der Waals surface area contributed by atoms with E-state index >= 15 is 0 Å². The van der Waals surface area contributed by atoms with Gasteiger partial charge in [-0.05, 0) is 17.5 Å². The van der Waals surface area contributed by atoms with E-state index in [1.54, 1.807) is 0 Å². The molecule has 0 bridgehead atoms. The number of hydrogen-bond donors (Lipinski definition) is 0. The Kier molecular flexibility index (Phi) is 2.01. The van der Waals surface area contributed by atoms with Crippen molar-refractivity contribution in [3.8, 4) is 0 Å². The summed E-state index contributed by atoms with van der Waals surface area (Å²) in [4.78, 5) is 4.27. The van der Waals surface area contributed by atoms with E-state index in [1.165, 1.54) is 10.9 Å². The highest BCUT2D eigenvalue weighted by atomic mass is 14.6. The minimum atomic E-state index is 0.543. The molecule has 1 heteroatoms. The molecular weight excluding hydrogens is 158 g/mol. The Morgan fingerprint density at radius 2 is 2.15 bits per heavy atom. The molecule has 1 radical (unpaired) electrons. The van der Waals surface area contributed by atoms with Crippen molar-refractivity contribution < 1.29 is 0 Å². The summed E-state index contributed by atoms with van der Waals surface area (Å²) in [5.41, 5.74) is 2.32. The van der Waals surface area contributed by atoms with Crippen LogP contribution in [0, 0.1) is 6.07 Å². The van der Waals surface area contributed by atoms with Gasteiger partial charge in [0, 0.05) is 17.6 Å². The van der Waals surface area contributed by atoms with Crippen LogP contribution in [0.2, 0.25) is 0 Å². The third-order valence-electron chi connectivity index (χ3n) is 2.22. The molecule has 1 heterocycles. The molecule has 0 spiro atoms. The maximum absolute atomic E-state index is 4.27. The van der Waals surface area contributed by atoms with Gasteiger partial charge < -0.3 is 0 Å². The predicted octanol–water partition coefficient (Wildman–Crippen LogP) is 3.16. The quantitative estimate of drug-likeness (QED) is 0.640. The van der Waals surface area contributed by atoms with E-state index in [1.807, 2.05) is 18.3 Å². The van der Waals surface area contributed by atoms with Gasteiger partial charge in [-0.3, -0.25) is 4.98 Å². The Hall–Kier alpha value is -1.37. The zero-order valence-electron chi connectivity index (χ0n) is 7.91. The summed E-state index contributed by atoms with van der Waals surface area (Å²) in [6.45, 7) is 4.39. The van der Waals surface area contributed by atoms with Crippen molar-refractivity contribution in [1.29, 1.82) is 0 Å². The Morgan fingerprint density at radius 3 is 2.92 bits per heavy atom. The first-order valence-electron chi connectivity index (χ1n) is 4.54. The fourth-order valence-corrected chi connectivity index (χ4v) is 1.56. The highest BCUT2D eigenvalue weighted by molar-refractivity contribution is 5.81. The van der Waals surface area contributed by atoms with E-state index in [0.717, 1.165) is 5.52 Å². The van der Waals surface area contributed by atoms with E-state index in [2.05, 4.69) is 37.0 Å². The topological polar surface area (TPSA) is 12.9 Å². The van der Waals surface area contributed by atoms with Crippen molar-refractivity contribution in [2.45, 2.75) is 19.8 Å². The standard InChI is InChI=1S/C12H12N/c1-9(2)10-5-3-7-12-11(10)6-4-8-13-12/h3-6,8-9H,1-2H3. The Labute approximate surface area is 78.4 Å². The molecule has 1 aromatic heterocycles. The van der Waals surface area contributed by atoms with Crippen LogP contribution in [0.5, 0.6) is 0 Å². The van der Waals surface area contributed by atoms with Gasteiger partial charge in [-0.25, -0.2) is 0 Å². The fraction of sp³-hybridized carbons (Fsp3) is 0.250. The average molecular weight is 170 g/mol. The van der Waals surface area contributed by atoms with Crippen LogP contribution in [0.1, 0.15) is 25.3 Å². The predicted molar refractivity (Wildman–Crippen MR) is 54.7 cm³/mol. The second-order valence-electron chi connectivity index (χ2n) is 3.49. The van der Waals surface area contributed by atoms with Crippen molar-refractivity contribution in [2.24, 2.45) is 0 Å². The summed E-state index contributed by atoms with van der Waals surface area (Å²) in [5, 5.41) is 1.22. The van der Waals surface area contributed by atoms with Crippen molar-refractivity contribution >= 4 is 10.9 Å². The normalized spacial score (nSPS) is 11.0. The molecule has 0 aliphatic rings. The first-order valence-corrected chi connectivity index (χ1v) is 4.54. The van der Waals surface area contributed by atoms with E-state index in [4.69, 9.17) is 0 Å². The van der Waals surface area contributed by atoms with Crippen molar-refractivity contribution in [1.82, 2.24) is 4.98 Å². The molecule has 0 amide bonds. The first-order chi connectivity index (χ1) is 6.29. The molecule has 1 aromatic carbocycles. The second-order valence-corrected chi connectivity index (χ2v) is 3.49. The van der Waals surface area contributed by atoms with E-state index < -0.39 is 0 Å².